The van der Waals surface area contributed by atoms with E-state index in [0.29, 0.717) is 23.8 Å². The third-order valence-corrected chi connectivity index (χ3v) is 3.04. The Bertz CT molecular complexity index is 472. The van der Waals surface area contributed by atoms with Gasteiger partial charge in [-0.1, -0.05) is 11.6 Å². The zero-order valence-electron chi connectivity index (χ0n) is 10.4. The molecule has 1 fully saturated rings. The summed E-state index contributed by atoms with van der Waals surface area (Å²) in [6.45, 7) is 4.93. The topological polar surface area (TPSA) is 54.3 Å². The highest BCUT2D eigenvalue weighted by Crippen LogP contribution is 2.23. The number of nitrogens with zero attached hydrogens (tertiary/aromatic N) is 1. The Labute approximate surface area is 111 Å². The summed E-state index contributed by atoms with van der Waals surface area (Å²) in [5.41, 5.74) is 1.33. The Hall–Kier alpha value is -1.28. The van der Waals surface area contributed by atoms with E-state index in [-0.39, 0.29) is 6.04 Å². The van der Waals surface area contributed by atoms with Crippen LogP contribution in [-0.2, 0) is 9.47 Å². The van der Waals surface area contributed by atoms with Crippen LogP contribution < -0.4 is 5.32 Å². The molecule has 0 spiro atoms. The van der Waals surface area contributed by atoms with Gasteiger partial charge in [0, 0.05) is 5.69 Å². The molecule has 1 aromatic carbocycles. The smallest absolute Gasteiger partial charge is 0.162 e. The highest BCUT2D eigenvalue weighted by molar-refractivity contribution is 6.32. The summed E-state index contributed by atoms with van der Waals surface area (Å²) in [4.78, 5) is 0. The van der Waals surface area contributed by atoms with Crippen molar-refractivity contribution in [3.63, 3.8) is 0 Å². The molecular weight excluding hydrogens is 252 g/mol. The van der Waals surface area contributed by atoms with Gasteiger partial charge in [-0.15, -0.1) is 0 Å². The average Bonchev–Trinajstić information content (AvgIpc) is 2.32. The molecule has 1 aliphatic heterocycles. The van der Waals surface area contributed by atoms with Crippen molar-refractivity contribution in [2.75, 3.05) is 18.5 Å². The maximum absolute atomic E-state index is 8.79. The van der Waals surface area contributed by atoms with Gasteiger partial charge in [0.05, 0.1) is 29.8 Å². The first-order valence-corrected chi connectivity index (χ1v) is 6.12. The summed E-state index contributed by atoms with van der Waals surface area (Å²) < 4.78 is 11.1. The number of halogens is 1. The molecule has 1 aliphatic rings. The molecule has 0 aromatic heterocycles. The van der Waals surface area contributed by atoms with E-state index in [1.807, 2.05) is 26.0 Å². The molecule has 4 nitrogen and oxygen atoms in total. The lowest BCUT2D eigenvalue weighted by Gasteiger charge is -2.35. The second-order valence-corrected chi connectivity index (χ2v) is 5.08. The molecule has 0 atom stereocenters. The van der Waals surface area contributed by atoms with Crippen molar-refractivity contribution in [2.24, 2.45) is 0 Å². The number of anilines is 1. The first-order chi connectivity index (χ1) is 8.50. The molecule has 0 bridgehead atoms. The largest absolute Gasteiger partial charge is 0.378 e. The fourth-order valence-electron chi connectivity index (χ4n) is 1.71. The summed E-state index contributed by atoms with van der Waals surface area (Å²) in [5, 5.41) is 12.5. The standard InChI is InChI=1S/C13H15ClN2O2/c1-13(2)17-7-11(8-18-13)16-10-4-3-9(6-15)12(14)5-10/h3-5,11,16H,7-8H2,1-2H3. The molecule has 1 aromatic rings. The number of rotatable bonds is 2. The van der Waals surface area contributed by atoms with Crippen molar-refractivity contribution >= 4 is 17.3 Å². The number of hydrogen-bond acceptors (Lipinski definition) is 4. The summed E-state index contributed by atoms with van der Waals surface area (Å²) in [6, 6.07) is 7.37. The predicted octanol–water partition coefficient (Wildman–Crippen LogP) is 2.78. The Balaban J connectivity index is 1.99. The molecule has 0 aliphatic carbocycles. The fraction of sp³-hybridized carbons (Fsp3) is 0.462. The molecule has 1 heterocycles. The Kier molecular flexibility index (Phi) is 3.76. The van der Waals surface area contributed by atoms with Crippen molar-refractivity contribution < 1.29 is 9.47 Å². The lowest BCUT2D eigenvalue weighted by Crippen LogP contribution is -2.45. The van der Waals surface area contributed by atoms with Gasteiger partial charge in [0.1, 0.15) is 6.07 Å². The lowest BCUT2D eigenvalue weighted by atomic mass is 10.2. The average molecular weight is 267 g/mol. The summed E-state index contributed by atoms with van der Waals surface area (Å²) >= 11 is 5.97. The number of nitriles is 1. The van der Waals surface area contributed by atoms with Gasteiger partial charge in [-0.2, -0.15) is 5.26 Å². The molecule has 5 heteroatoms. The Morgan fingerprint density at radius 2 is 2.06 bits per heavy atom. The molecule has 1 saturated heterocycles. The van der Waals surface area contributed by atoms with Crippen molar-refractivity contribution in [2.45, 2.75) is 25.7 Å². The van der Waals surface area contributed by atoms with E-state index in [0.717, 1.165) is 5.69 Å². The summed E-state index contributed by atoms with van der Waals surface area (Å²) in [7, 11) is 0. The quantitative estimate of drug-likeness (QED) is 0.894. The Morgan fingerprint density at radius 1 is 1.39 bits per heavy atom. The molecule has 0 radical (unpaired) electrons. The van der Waals surface area contributed by atoms with Gasteiger partial charge in [-0.05, 0) is 32.0 Å². The van der Waals surface area contributed by atoms with Gasteiger partial charge in [0.15, 0.2) is 5.79 Å². The van der Waals surface area contributed by atoms with Crippen LogP contribution in [0.25, 0.3) is 0 Å². The fourth-order valence-corrected chi connectivity index (χ4v) is 1.93. The maximum atomic E-state index is 8.79. The van der Waals surface area contributed by atoms with Crippen LogP contribution >= 0.6 is 11.6 Å². The van der Waals surface area contributed by atoms with Crippen molar-refractivity contribution in [1.82, 2.24) is 0 Å². The van der Waals surface area contributed by atoms with Gasteiger partial charge < -0.3 is 14.8 Å². The lowest BCUT2D eigenvalue weighted by molar-refractivity contribution is -0.247. The van der Waals surface area contributed by atoms with Crippen LogP contribution in [0.2, 0.25) is 5.02 Å². The van der Waals surface area contributed by atoms with Gasteiger partial charge in [-0.3, -0.25) is 0 Å². The van der Waals surface area contributed by atoms with Crippen LogP contribution in [0, 0.1) is 11.3 Å². The maximum Gasteiger partial charge on any atom is 0.162 e. The van der Waals surface area contributed by atoms with Crippen molar-refractivity contribution in [1.29, 1.82) is 5.26 Å². The van der Waals surface area contributed by atoms with Crippen LogP contribution in [0.15, 0.2) is 18.2 Å². The zero-order valence-corrected chi connectivity index (χ0v) is 11.1. The predicted molar refractivity (Wildman–Crippen MR) is 69.6 cm³/mol. The van der Waals surface area contributed by atoms with Crippen LogP contribution in [0.1, 0.15) is 19.4 Å². The third kappa shape index (κ3) is 3.14. The molecule has 0 unspecified atom stereocenters. The van der Waals surface area contributed by atoms with E-state index < -0.39 is 5.79 Å². The van der Waals surface area contributed by atoms with E-state index in [4.69, 9.17) is 26.3 Å². The normalized spacial score (nSPS) is 19.2. The minimum atomic E-state index is -0.513. The summed E-state index contributed by atoms with van der Waals surface area (Å²) in [6.07, 6.45) is 0. The van der Waals surface area contributed by atoms with Gasteiger partial charge in [0.25, 0.3) is 0 Å². The van der Waals surface area contributed by atoms with Gasteiger partial charge in [0.2, 0.25) is 0 Å². The second kappa shape index (κ2) is 5.15. The van der Waals surface area contributed by atoms with Crippen LogP contribution in [0.3, 0.4) is 0 Å². The highest BCUT2D eigenvalue weighted by atomic mass is 35.5. The van der Waals surface area contributed by atoms with Crippen LogP contribution in [0.4, 0.5) is 5.69 Å². The van der Waals surface area contributed by atoms with Crippen molar-refractivity contribution in [3.8, 4) is 6.07 Å². The van der Waals surface area contributed by atoms with E-state index >= 15 is 0 Å². The summed E-state index contributed by atoms with van der Waals surface area (Å²) in [5.74, 6) is -0.513. The van der Waals surface area contributed by atoms with E-state index in [1.165, 1.54) is 0 Å². The van der Waals surface area contributed by atoms with Gasteiger partial charge >= 0.3 is 0 Å². The minimum Gasteiger partial charge on any atom is -0.378 e. The first-order valence-electron chi connectivity index (χ1n) is 5.74. The zero-order chi connectivity index (χ0) is 13.2. The number of ether oxygens (including phenoxy) is 2. The third-order valence-electron chi connectivity index (χ3n) is 2.72. The van der Waals surface area contributed by atoms with E-state index in [1.54, 1.807) is 12.1 Å². The molecule has 0 saturated carbocycles. The second-order valence-electron chi connectivity index (χ2n) is 4.67. The minimum absolute atomic E-state index is 0.0852. The Morgan fingerprint density at radius 3 is 2.61 bits per heavy atom. The first kappa shape index (κ1) is 13.2. The van der Waals surface area contributed by atoms with Crippen molar-refractivity contribution in [3.05, 3.63) is 28.8 Å². The van der Waals surface area contributed by atoms with E-state index in [2.05, 4.69) is 5.32 Å². The molecular formula is C13H15ClN2O2. The number of nitrogens with one attached hydrogen (secondary N) is 1. The molecule has 0 amide bonds. The number of hydrogen-bond donors (Lipinski definition) is 1. The van der Waals surface area contributed by atoms with E-state index in [9.17, 15) is 0 Å². The number of benzene rings is 1. The molecule has 2 rings (SSSR count). The SMILES string of the molecule is CC1(C)OCC(Nc2ccc(C#N)c(Cl)c2)CO1. The van der Waals surface area contributed by atoms with Crippen LogP contribution in [0.5, 0.6) is 0 Å². The van der Waals surface area contributed by atoms with Crippen LogP contribution in [-0.4, -0.2) is 25.0 Å². The van der Waals surface area contributed by atoms with Gasteiger partial charge in [-0.25, -0.2) is 0 Å². The molecule has 1 N–H and O–H groups in total. The molecule has 96 valence electrons. The monoisotopic (exact) mass is 266 g/mol. The molecule has 18 heavy (non-hydrogen) atoms. The highest BCUT2D eigenvalue weighted by Gasteiger charge is 2.28.